The summed E-state index contributed by atoms with van der Waals surface area (Å²) in [5, 5.41) is 4.03. The monoisotopic (exact) mass is 467 g/mol. The van der Waals surface area contributed by atoms with Crippen molar-refractivity contribution < 1.29 is 4.79 Å². The number of rotatable bonds is 4. The number of carbonyl (C=O) groups is 1. The van der Waals surface area contributed by atoms with Crippen molar-refractivity contribution in [1.82, 2.24) is 9.55 Å². The minimum Gasteiger partial charge on any atom is -0.324 e. The number of nitrogens with zero attached hydrogens (tertiary/aromatic N) is 2. The van der Waals surface area contributed by atoms with E-state index in [1.165, 1.54) is 4.57 Å². The van der Waals surface area contributed by atoms with E-state index in [9.17, 15) is 9.59 Å². The molecule has 0 fully saturated rings. The lowest BCUT2D eigenvalue weighted by Crippen LogP contribution is -2.30. The Bertz CT molecular complexity index is 1270. The van der Waals surface area contributed by atoms with Crippen molar-refractivity contribution in [3.8, 4) is 11.3 Å². The third-order valence-corrected chi connectivity index (χ3v) is 5.13. The minimum absolute atomic E-state index is 0.161. The van der Waals surface area contributed by atoms with Gasteiger partial charge in [0.15, 0.2) is 0 Å². The second-order valence-electron chi connectivity index (χ2n) is 6.42. The van der Waals surface area contributed by atoms with Crippen LogP contribution >= 0.6 is 27.5 Å². The van der Waals surface area contributed by atoms with Crippen LogP contribution in [0.3, 0.4) is 0 Å². The summed E-state index contributed by atoms with van der Waals surface area (Å²) in [4.78, 5) is 29.6. The zero-order valence-corrected chi connectivity index (χ0v) is 17.4. The maximum absolute atomic E-state index is 12.8. The van der Waals surface area contributed by atoms with Gasteiger partial charge in [0.05, 0.1) is 11.2 Å². The first-order valence-electron chi connectivity index (χ1n) is 8.82. The molecule has 1 aromatic heterocycles. The number of nitrogens with one attached hydrogen (secondary N) is 1. The van der Waals surface area contributed by atoms with E-state index in [-0.39, 0.29) is 12.5 Å². The van der Waals surface area contributed by atoms with E-state index >= 15 is 0 Å². The molecule has 0 saturated heterocycles. The topological polar surface area (TPSA) is 64.0 Å². The SMILES string of the molecule is O=C(Cn1c(=O)nc(-c2ccccc2)c2cc(Cl)ccc21)Nc1cccc(Br)c1. The van der Waals surface area contributed by atoms with Gasteiger partial charge >= 0.3 is 5.69 Å². The molecular weight excluding hydrogens is 454 g/mol. The van der Waals surface area contributed by atoms with Gasteiger partial charge in [-0.2, -0.15) is 4.98 Å². The fourth-order valence-corrected chi connectivity index (χ4v) is 3.70. The van der Waals surface area contributed by atoms with Crippen LogP contribution in [0.2, 0.25) is 5.02 Å². The molecule has 0 bridgehead atoms. The second kappa shape index (κ2) is 8.19. The average Bonchev–Trinajstić information content (AvgIpc) is 2.70. The quantitative estimate of drug-likeness (QED) is 0.452. The molecule has 5 nitrogen and oxygen atoms in total. The second-order valence-corrected chi connectivity index (χ2v) is 7.77. The Morgan fingerprint density at radius 1 is 1.03 bits per heavy atom. The molecule has 0 atom stereocenters. The molecule has 0 radical (unpaired) electrons. The van der Waals surface area contributed by atoms with Crippen molar-refractivity contribution in [3.63, 3.8) is 0 Å². The molecule has 0 aliphatic carbocycles. The Kier molecular flexibility index (Phi) is 5.47. The van der Waals surface area contributed by atoms with Crippen molar-refractivity contribution in [2.75, 3.05) is 5.32 Å². The Morgan fingerprint density at radius 3 is 2.59 bits per heavy atom. The molecule has 1 N–H and O–H groups in total. The average molecular weight is 469 g/mol. The van der Waals surface area contributed by atoms with E-state index in [4.69, 9.17) is 11.6 Å². The van der Waals surface area contributed by atoms with Crippen molar-refractivity contribution in [2.24, 2.45) is 0 Å². The van der Waals surface area contributed by atoms with E-state index in [1.807, 2.05) is 42.5 Å². The van der Waals surface area contributed by atoms with Gasteiger partial charge in [0.25, 0.3) is 0 Å². The number of anilines is 1. The Morgan fingerprint density at radius 2 is 1.83 bits per heavy atom. The lowest BCUT2D eigenvalue weighted by molar-refractivity contribution is -0.116. The lowest BCUT2D eigenvalue weighted by Gasteiger charge is -2.13. The van der Waals surface area contributed by atoms with Gasteiger partial charge in [-0.25, -0.2) is 4.79 Å². The molecule has 4 aromatic rings. The summed E-state index contributed by atoms with van der Waals surface area (Å²) in [5.41, 5.74) is 2.08. The van der Waals surface area contributed by atoms with Crippen LogP contribution in [-0.4, -0.2) is 15.5 Å². The van der Waals surface area contributed by atoms with Gasteiger partial charge in [0.2, 0.25) is 5.91 Å². The minimum atomic E-state index is -0.497. The smallest absolute Gasteiger partial charge is 0.324 e. The molecule has 1 amide bonds. The molecule has 0 saturated carbocycles. The number of halogens is 2. The zero-order valence-electron chi connectivity index (χ0n) is 15.1. The number of hydrogen-bond donors (Lipinski definition) is 1. The number of amides is 1. The standard InChI is InChI=1S/C22H15BrClN3O2/c23-15-7-4-8-17(11-15)25-20(28)13-27-19-10-9-16(24)12-18(19)21(26-22(27)29)14-5-2-1-3-6-14/h1-12H,13H2,(H,25,28). The van der Waals surface area contributed by atoms with Gasteiger partial charge in [-0.3, -0.25) is 9.36 Å². The molecule has 0 unspecified atom stereocenters. The molecule has 0 aliphatic heterocycles. The summed E-state index contributed by atoms with van der Waals surface area (Å²) >= 11 is 9.57. The van der Waals surface area contributed by atoms with Crippen molar-refractivity contribution in [3.05, 3.63) is 92.8 Å². The van der Waals surface area contributed by atoms with Crippen LogP contribution in [0.1, 0.15) is 0 Å². The van der Waals surface area contributed by atoms with Crippen LogP contribution < -0.4 is 11.0 Å². The number of carbonyl (C=O) groups excluding carboxylic acids is 1. The number of aromatic nitrogens is 2. The van der Waals surface area contributed by atoms with E-state index in [0.29, 0.717) is 27.3 Å². The Hall–Kier alpha value is -2.96. The summed E-state index contributed by atoms with van der Waals surface area (Å²) in [6.07, 6.45) is 0. The highest BCUT2D eigenvalue weighted by atomic mass is 79.9. The number of hydrogen-bond acceptors (Lipinski definition) is 3. The summed E-state index contributed by atoms with van der Waals surface area (Å²) in [7, 11) is 0. The highest BCUT2D eigenvalue weighted by Gasteiger charge is 2.15. The van der Waals surface area contributed by atoms with Crippen LogP contribution in [0.4, 0.5) is 5.69 Å². The molecule has 4 rings (SSSR count). The van der Waals surface area contributed by atoms with Gasteiger partial charge in [-0.15, -0.1) is 0 Å². The first kappa shape index (κ1) is 19.4. The maximum Gasteiger partial charge on any atom is 0.349 e. The van der Waals surface area contributed by atoms with Crippen molar-refractivity contribution in [1.29, 1.82) is 0 Å². The summed E-state index contributed by atoms with van der Waals surface area (Å²) in [6.45, 7) is -0.161. The Labute approximate surface area is 180 Å². The first-order chi connectivity index (χ1) is 14.0. The number of fused-ring (bicyclic) bond motifs is 1. The highest BCUT2D eigenvalue weighted by molar-refractivity contribution is 9.10. The lowest BCUT2D eigenvalue weighted by atomic mass is 10.1. The van der Waals surface area contributed by atoms with Gasteiger partial charge in [0.1, 0.15) is 6.54 Å². The third-order valence-electron chi connectivity index (χ3n) is 4.40. The van der Waals surface area contributed by atoms with Crippen molar-refractivity contribution >= 4 is 50.0 Å². The van der Waals surface area contributed by atoms with Crippen LogP contribution in [0.25, 0.3) is 22.2 Å². The summed E-state index contributed by atoms with van der Waals surface area (Å²) < 4.78 is 2.20. The molecule has 0 aliphatic rings. The molecule has 1 heterocycles. The maximum atomic E-state index is 12.8. The fraction of sp³-hybridized carbons (Fsp3) is 0.0455. The Balaban J connectivity index is 1.76. The molecule has 7 heteroatoms. The van der Waals surface area contributed by atoms with Gasteiger partial charge < -0.3 is 5.32 Å². The predicted octanol–water partition coefficient (Wildman–Crippen LogP) is 5.12. The molecular formula is C22H15BrClN3O2. The molecule has 0 spiro atoms. The van der Waals surface area contributed by atoms with Gasteiger partial charge in [-0.1, -0.05) is 63.9 Å². The van der Waals surface area contributed by atoms with Crippen LogP contribution in [-0.2, 0) is 11.3 Å². The van der Waals surface area contributed by atoms with Crippen LogP contribution in [0.5, 0.6) is 0 Å². The molecule has 144 valence electrons. The van der Waals surface area contributed by atoms with Crippen molar-refractivity contribution in [2.45, 2.75) is 6.54 Å². The molecule has 3 aromatic carbocycles. The van der Waals surface area contributed by atoms with E-state index < -0.39 is 5.69 Å². The first-order valence-corrected chi connectivity index (χ1v) is 9.99. The van der Waals surface area contributed by atoms with Crippen LogP contribution in [0.15, 0.2) is 82.1 Å². The fourth-order valence-electron chi connectivity index (χ4n) is 3.13. The normalized spacial score (nSPS) is 10.8. The summed E-state index contributed by atoms with van der Waals surface area (Å²) in [5.74, 6) is -0.323. The van der Waals surface area contributed by atoms with E-state index in [0.717, 1.165) is 10.0 Å². The number of benzene rings is 3. The largest absolute Gasteiger partial charge is 0.349 e. The summed E-state index contributed by atoms with van der Waals surface area (Å²) in [6, 6.07) is 21.9. The van der Waals surface area contributed by atoms with Crippen LogP contribution in [0, 0.1) is 0 Å². The zero-order chi connectivity index (χ0) is 20.4. The highest BCUT2D eigenvalue weighted by Crippen LogP contribution is 2.27. The van der Waals surface area contributed by atoms with E-state index in [2.05, 4.69) is 26.2 Å². The third kappa shape index (κ3) is 4.23. The van der Waals surface area contributed by atoms with Gasteiger partial charge in [0, 0.05) is 26.1 Å². The molecule has 29 heavy (non-hydrogen) atoms. The predicted molar refractivity (Wildman–Crippen MR) is 119 cm³/mol. The van der Waals surface area contributed by atoms with E-state index in [1.54, 1.807) is 30.3 Å². The van der Waals surface area contributed by atoms with Gasteiger partial charge in [-0.05, 0) is 36.4 Å².